The van der Waals surface area contributed by atoms with E-state index >= 15 is 0 Å². The molecule has 0 aliphatic heterocycles. The zero-order chi connectivity index (χ0) is 12.0. The van der Waals surface area contributed by atoms with E-state index in [-0.39, 0.29) is 0 Å². The molecule has 0 aliphatic rings. The summed E-state index contributed by atoms with van der Waals surface area (Å²) in [6.45, 7) is 4.28. The zero-order valence-electron chi connectivity index (χ0n) is 10.5. The third-order valence-electron chi connectivity index (χ3n) is 2.35. The molecule has 1 heterocycles. The van der Waals surface area contributed by atoms with Crippen LogP contribution < -0.4 is 10.2 Å². The number of hydrogen-bond acceptors (Lipinski definition) is 5. The highest BCUT2D eigenvalue weighted by molar-refractivity contribution is 7.99. The predicted molar refractivity (Wildman–Crippen MR) is 75.7 cm³/mol. The molecule has 0 saturated carbocycles. The van der Waals surface area contributed by atoms with Crippen molar-refractivity contribution >= 4 is 28.2 Å². The predicted octanol–water partition coefficient (Wildman–Crippen LogP) is 2.44. The SMILES string of the molecule is CSC(C)CCNCc1cnc(N(C)C)s1. The molecule has 0 amide bonds. The van der Waals surface area contributed by atoms with Gasteiger partial charge in [-0.1, -0.05) is 6.92 Å². The van der Waals surface area contributed by atoms with Crippen molar-refractivity contribution in [1.29, 1.82) is 0 Å². The molecule has 0 aliphatic carbocycles. The molecule has 1 atom stereocenters. The second kappa shape index (κ2) is 7.14. The average molecular weight is 259 g/mol. The van der Waals surface area contributed by atoms with Gasteiger partial charge in [0, 0.05) is 37.0 Å². The lowest BCUT2D eigenvalue weighted by molar-refractivity contribution is 0.652. The molecule has 92 valence electrons. The van der Waals surface area contributed by atoms with Crippen molar-refractivity contribution in [3.05, 3.63) is 11.1 Å². The first kappa shape index (κ1) is 13.8. The molecular weight excluding hydrogens is 238 g/mol. The van der Waals surface area contributed by atoms with Gasteiger partial charge in [0.25, 0.3) is 0 Å². The number of hydrogen-bond donors (Lipinski definition) is 1. The molecule has 0 radical (unpaired) electrons. The molecule has 1 aromatic rings. The number of nitrogens with one attached hydrogen (secondary N) is 1. The lowest BCUT2D eigenvalue weighted by Crippen LogP contribution is -2.17. The van der Waals surface area contributed by atoms with E-state index in [1.807, 2.05) is 37.0 Å². The molecular formula is C11H21N3S2. The standard InChI is InChI=1S/C11H21N3S2/c1-9(15-4)5-6-12-7-10-8-13-11(16-10)14(2)3/h8-9,12H,5-7H2,1-4H3. The van der Waals surface area contributed by atoms with Crippen molar-refractivity contribution in [3.63, 3.8) is 0 Å². The van der Waals surface area contributed by atoms with Gasteiger partial charge in [0.05, 0.1) is 0 Å². The Morgan fingerprint density at radius 1 is 1.56 bits per heavy atom. The van der Waals surface area contributed by atoms with Gasteiger partial charge in [-0.25, -0.2) is 4.98 Å². The van der Waals surface area contributed by atoms with Crippen LogP contribution in [0.2, 0.25) is 0 Å². The quantitative estimate of drug-likeness (QED) is 0.761. The first-order chi connectivity index (χ1) is 7.63. The van der Waals surface area contributed by atoms with Crippen LogP contribution in [-0.4, -0.2) is 37.1 Å². The molecule has 0 aromatic carbocycles. The second-order valence-corrected chi connectivity index (χ2v) is 6.39. The summed E-state index contributed by atoms with van der Waals surface area (Å²) in [6, 6.07) is 0. The Morgan fingerprint density at radius 3 is 2.88 bits per heavy atom. The number of aromatic nitrogens is 1. The highest BCUT2D eigenvalue weighted by Gasteiger charge is 2.03. The molecule has 1 unspecified atom stereocenters. The first-order valence-electron chi connectivity index (χ1n) is 5.49. The Bertz CT molecular complexity index is 299. The van der Waals surface area contributed by atoms with Gasteiger partial charge in [-0.05, 0) is 19.2 Å². The van der Waals surface area contributed by atoms with E-state index in [1.165, 1.54) is 11.3 Å². The molecule has 0 spiro atoms. The summed E-state index contributed by atoms with van der Waals surface area (Å²) in [6.07, 6.45) is 5.35. The number of anilines is 1. The van der Waals surface area contributed by atoms with Gasteiger partial charge >= 0.3 is 0 Å². The summed E-state index contributed by atoms with van der Waals surface area (Å²) in [4.78, 5) is 7.70. The Kier molecular flexibility index (Phi) is 6.16. The zero-order valence-corrected chi connectivity index (χ0v) is 12.1. The summed E-state index contributed by atoms with van der Waals surface area (Å²) in [5.41, 5.74) is 0. The molecule has 16 heavy (non-hydrogen) atoms. The van der Waals surface area contributed by atoms with Crippen LogP contribution in [-0.2, 0) is 6.54 Å². The number of thiazole rings is 1. The largest absolute Gasteiger partial charge is 0.354 e. The highest BCUT2D eigenvalue weighted by atomic mass is 32.2. The van der Waals surface area contributed by atoms with Crippen LogP contribution in [0, 0.1) is 0 Å². The normalized spacial score (nSPS) is 12.8. The van der Waals surface area contributed by atoms with Crippen molar-refractivity contribution in [2.75, 3.05) is 31.8 Å². The van der Waals surface area contributed by atoms with Crippen LogP contribution in [0.1, 0.15) is 18.2 Å². The molecule has 0 fully saturated rings. The van der Waals surface area contributed by atoms with Crippen molar-refractivity contribution in [2.24, 2.45) is 0 Å². The maximum Gasteiger partial charge on any atom is 0.185 e. The molecule has 0 bridgehead atoms. The van der Waals surface area contributed by atoms with Gasteiger partial charge in [-0.15, -0.1) is 11.3 Å². The monoisotopic (exact) mass is 259 g/mol. The molecule has 3 nitrogen and oxygen atoms in total. The maximum absolute atomic E-state index is 4.35. The summed E-state index contributed by atoms with van der Waals surface area (Å²) in [5.74, 6) is 0. The average Bonchev–Trinajstić information content (AvgIpc) is 2.72. The minimum Gasteiger partial charge on any atom is -0.354 e. The van der Waals surface area contributed by atoms with Crippen molar-refractivity contribution in [1.82, 2.24) is 10.3 Å². The molecule has 1 N–H and O–H groups in total. The van der Waals surface area contributed by atoms with E-state index in [1.54, 1.807) is 11.3 Å². The third kappa shape index (κ3) is 4.72. The van der Waals surface area contributed by atoms with E-state index in [2.05, 4.69) is 23.5 Å². The first-order valence-corrected chi connectivity index (χ1v) is 7.59. The van der Waals surface area contributed by atoms with Gasteiger partial charge in [-0.2, -0.15) is 11.8 Å². The highest BCUT2D eigenvalue weighted by Crippen LogP contribution is 2.19. The van der Waals surface area contributed by atoms with E-state index in [4.69, 9.17) is 0 Å². The fraction of sp³-hybridized carbons (Fsp3) is 0.727. The minimum atomic E-state index is 0.742. The summed E-state index contributed by atoms with van der Waals surface area (Å²) >= 11 is 3.68. The third-order valence-corrected chi connectivity index (χ3v) is 4.56. The van der Waals surface area contributed by atoms with Gasteiger partial charge in [0.1, 0.15) is 0 Å². The summed E-state index contributed by atoms with van der Waals surface area (Å²) < 4.78 is 0. The summed E-state index contributed by atoms with van der Waals surface area (Å²) in [7, 11) is 4.05. The number of nitrogens with zero attached hydrogens (tertiary/aromatic N) is 2. The minimum absolute atomic E-state index is 0.742. The van der Waals surface area contributed by atoms with E-state index in [0.717, 1.165) is 23.5 Å². The number of rotatable bonds is 7. The van der Waals surface area contributed by atoms with Crippen LogP contribution in [0.15, 0.2) is 6.20 Å². The Morgan fingerprint density at radius 2 is 2.31 bits per heavy atom. The van der Waals surface area contributed by atoms with E-state index < -0.39 is 0 Å². The lowest BCUT2D eigenvalue weighted by Gasteiger charge is -2.08. The molecule has 1 aromatic heterocycles. The Balaban J connectivity index is 2.21. The second-order valence-electron chi connectivity index (χ2n) is 4.02. The number of thioether (sulfide) groups is 1. The molecule has 5 heteroatoms. The van der Waals surface area contributed by atoms with Crippen LogP contribution in [0.25, 0.3) is 0 Å². The van der Waals surface area contributed by atoms with E-state index in [0.29, 0.717) is 0 Å². The van der Waals surface area contributed by atoms with Crippen molar-refractivity contribution in [2.45, 2.75) is 25.1 Å². The molecule has 0 saturated heterocycles. The van der Waals surface area contributed by atoms with Crippen LogP contribution in [0.4, 0.5) is 5.13 Å². The van der Waals surface area contributed by atoms with E-state index in [9.17, 15) is 0 Å². The van der Waals surface area contributed by atoms with Crippen LogP contribution in [0.3, 0.4) is 0 Å². The Labute approximate surface area is 107 Å². The van der Waals surface area contributed by atoms with Gasteiger partial charge in [0.2, 0.25) is 0 Å². The smallest absolute Gasteiger partial charge is 0.185 e. The van der Waals surface area contributed by atoms with Gasteiger partial charge in [-0.3, -0.25) is 0 Å². The fourth-order valence-electron chi connectivity index (χ4n) is 1.22. The van der Waals surface area contributed by atoms with Crippen molar-refractivity contribution in [3.8, 4) is 0 Å². The maximum atomic E-state index is 4.35. The fourth-order valence-corrected chi connectivity index (χ4v) is 2.38. The van der Waals surface area contributed by atoms with Crippen LogP contribution in [0.5, 0.6) is 0 Å². The van der Waals surface area contributed by atoms with Gasteiger partial charge < -0.3 is 10.2 Å². The van der Waals surface area contributed by atoms with Crippen molar-refractivity contribution < 1.29 is 0 Å². The van der Waals surface area contributed by atoms with Gasteiger partial charge in [0.15, 0.2) is 5.13 Å². The van der Waals surface area contributed by atoms with Crippen LogP contribution >= 0.6 is 23.1 Å². The summed E-state index contributed by atoms with van der Waals surface area (Å²) in [5, 5.41) is 5.28. The topological polar surface area (TPSA) is 28.2 Å². The lowest BCUT2D eigenvalue weighted by atomic mass is 10.3. The Hall–Kier alpha value is -0.260. The molecule has 1 rings (SSSR count).